The van der Waals surface area contributed by atoms with Crippen molar-refractivity contribution < 1.29 is 4.74 Å². The van der Waals surface area contributed by atoms with E-state index in [4.69, 9.17) is 10.5 Å². The second kappa shape index (κ2) is 5.80. The van der Waals surface area contributed by atoms with Gasteiger partial charge in [0.1, 0.15) is 0 Å². The van der Waals surface area contributed by atoms with Crippen LogP contribution in [0.5, 0.6) is 0 Å². The van der Waals surface area contributed by atoms with Gasteiger partial charge in [0, 0.05) is 19.8 Å². The van der Waals surface area contributed by atoms with Gasteiger partial charge in [0.2, 0.25) is 0 Å². The van der Waals surface area contributed by atoms with Crippen molar-refractivity contribution in [1.29, 1.82) is 0 Å². The second-order valence-electron chi connectivity index (χ2n) is 4.35. The van der Waals surface area contributed by atoms with E-state index in [1.54, 1.807) is 7.11 Å². The minimum Gasteiger partial charge on any atom is -0.385 e. The van der Waals surface area contributed by atoms with Crippen molar-refractivity contribution in [2.45, 2.75) is 18.9 Å². The average Bonchev–Trinajstić information content (AvgIpc) is 2.38. The fourth-order valence-corrected chi connectivity index (χ4v) is 2.05. The van der Waals surface area contributed by atoms with E-state index in [2.05, 4.69) is 42.5 Å². The molecule has 0 fully saturated rings. The van der Waals surface area contributed by atoms with E-state index in [0.717, 1.165) is 19.4 Å². The number of fused-ring (bicyclic) bond motifs is 1. The first-order valence-electron chi connectivity index (χ1n) is 6.04. The molecular weight excluding hydrogens is 210 g/mol. The number of benzene rings is 2. The molecule has 1 unspecified atom stereocenters. The summed E-state index contributed by atoms with van der Waals surface area (Å²) in [7, 11) is 1.72. The smallest absolute Gasteiger partial charge is 0.0462 e. The highest BCUT2D eigenvalue weighted by Gasteiger charge is 2.06. The van der Waals surface area contributed by atoms with Crippen LogP contribution in [0.2, 0.25) is 0 Å². The summed E-state index contributed by atoms with van der Waals surface area (Å²) < 4.78 is 5.04. The highest BCUT2D eigenvalue weighted by atomic mass is 16.5. The standard InChI is InChI=1S/C15H19NO/c1-17-10-4-7-15(16)14-9-8-12-5-2-3-6-13(12)11-14/h2-3,5-6,8-9,11,15H,4,7,10,16H2,1H3. The molecular formula is C15H19NO. The summed E-state index contributed by atoms with van der Waals surface area (Å²) in [5, 5.41) is 2.52. The third-order valence-corrected chi connectivity index (χ3v) is 3.07. The lowest BCUT2D eigenvalue weighted by molar-refractivity contribution is 0.190. The topological polar surface area (TPSA) is 35.2 Å². The number of methoxy groups -OCH3 is 1. The van der Waals surface area contributed by atoms with E-state index >= 15 is 0 Å². The molecule has 0 bridgehead atoms. The van der Waals surface area contributed by atoms with Gasteiger partial charge in [-0.1, -0.05) is 36.4 Å². The van der Waals surface area contributed by atoms with E-state index in [-0.39, 0.29) is 6.04 Å². The molecule has 2 rings (SSSR count). The zero-order valence-electron chi connectivity index (χ0n) is 10.2. The number of ether oxygens (including phenoxy) is 1. The molecule has 1 atom stereocenters. The summed E-state index contributed by atoms with van der Waals surface area (Å²) in [5.74, 6) is 0. The third kappa shape index (κ3) is 3.05. The van der Waals surface area contributed by atoms with E-state index in [9.17, 15) is 0 Å². The Kier molecular flexibility index (Phi) is 4.13. The lowest BCUT2D eigenvalue weighted by atomic mass is 9.99. The van der Waals surface area contributed by atoms with Crippen molar-refractivity contribution in [1.82, 2.24) is 0 Å². The minimum absolute atomic E-state index is 0.106. The van der Waals surface area contributed by atoms with E-state index < -0.39 is 0 Å². The first kappa shape index (κ1) is 12.1. The van der Waals surface area contributed by atoms with Crippen molar-refractivity contribution in [3.05, 3.63) is 48.0 Å². The summed E-state index contributed by atoms with van der Waals surface area (Å²) in [6, 6.07) is 14.9. The molecule has 0 saturated heterocycles. The van der Waals surface area contributed by atoms with Crippen LogP contribution in [0, 0.1) is 0 Å². The van der Waals surface area contributed by atoms with Crippen molar-refractivity contribution in [2.24, 2.45) is 5.73 Å². The van der Waals surface area contributed by atoms with Gasteiger partial charge in [0.25, 0.3) is 0 Å². The number of rotatable bonds is 5. The van der Waals surface area contributed by atoms with Crippen LogP contribution in [0.15, 0.2) is 42.5 Å². The maximum atomic E-state index is 6.17. The molecule has 2 nitrogen and oxygen atoms in total. The fourth-order valence-electron chi connectivity index (χ4n) is 2.05. The molecule has 0 aromatic heterocycles. The predicted molar refractivity (Wildman–Crippen MR) is 72.0 cm³/mol. The summed E-state index contributed by atoms with van der Waals surface area (Å²) in [4.78, 5) is 0. The Balaban J connectivity index is 2.12. The zero-order valence-corrected chi connectivity index (χ0v) is 10.2. The van der Waals surface area contributed by atoms with Gasteiger partial charge in [0.15, 0.2) is 0 Å². The van der Waals surface area contributed by atoms with Gasteiger partial charge in [-0.3, -0.25) is 0 Å². The second-order valence-corrected chi connectivity index (χ2v) is 4.35. The molecule has 0 aliphatic heterocycles. The van der Waals surface area contributed by atoms with Crippen LogP contribution >= 0.6 is 0 Å². The predicted octanol–water partition coefficient (Wildman–Crippen LogP) is 3.27. The van der Waals surface area contributed by atoms with Crippen molar-refractivity contribution in [3.63, 3.8) is 0 Å². The molecule has 0 spiro atoms. The molecule has 90 valence electrons. The first-order chi connectivity index (χ1) is 8.31. The van der Waals surface area contributed by atoms with Gasteiger partial charge < -0.3 is 10.5 Å². The molecule has 2 aromatic carbocycles. The summed E-state index contributed by atoms with van der Waals surface area (Å²) in [6.45, 7) is 0.779. The number of nitrogens with two attached hydrogens (primary N) is 1. The summed E-state index contributed by atoms with van der Waals surface area (Å²) in [5.41, 5.74) is 7.38. The molecule has 2 heteroatoms. The summed E-state index contributed by atoms with van der Waals surface area (Å²) in [6.07, 6.45) is 1.97. The normalized spacial score (nSPS) is 12.8. The molecule has 0 radical (unpaired) electrons. The third-order valence-electron chi connectivity index (χ3n) is 3.07. The minimum atomic E-state index is 0.106. The quantitative estimate of drug-likeness (QED) is 0.799. The highest BCUT2D eigenvalue weighted by Crippen LogP contribution is 2.21. The van der Waals surface area contributed by atoms with Gasteiger partial charge in [-0.05, 0) is 35.2 Å². The molecule has 0 aliphatic rings. The Morgan fingerprint density at radius 1 is 1.12 bits per heavy atom. The molecule has 0 heterocycles. The van der Waals surface area contributed by atoms with Gasteiger partial charge in [0.05, 0.1) is 0 Å². The Hall–Kier alpha value is -1.38. The first-order valence-corrected chi connectivity index (χ1v) is 6.04. The van der Waals surface area contributed by atoms with Crippen LogP contribution < -0.4 is 5.73 Å². The zero-order chi connectivity index (χ0) is 12.1. The van der Waals surface area contributed by atoms with Crippen LogP contribution in [0.25, 0.3) is 10.8 Å². The Morgan fingerprint density at radius 3 is 2.65 bits per heavy atom. The highest BCUT2D eigenvalue weighted by molar-refractivity contribution is 5.83. The van der Waals surface area contributed by atoms with Gasteiger partial charge in [-0.2, -0.15) is 0 Å². The van der Waals surface area contributed by atoms with Gasteiger partial charge in [-0.25, -0.2) is 0 Å². The molecule has 2 N–H and O–H groups in total. The van der Waals surface area contributed by atoms with Gasteiger partial charge >= 0.3 is 0 Å². The van der Waals surface area contributed by atoms with Crippen molar-refractivity contribution >= 4 is 10.8 Å². The maximum absolute atomic E-state index is 6.17. The van der Waals surface area contributed by atoms with E-state index in [1.165, 1.54) is 16.3 Å². The van der Waals surface area contributed by atoms with Crippen LogP contribution in [-0.4, -0.2) is 13.7 Å². The molecule has 0 amide bonds. The van der Waals surface area contributed by atoms with Crippen LogP contribution in [0.1, 0.15) is 24.4 Å². The fraction of sp³-hybridized carbons (Fsp3) is 0.333. The Bertz CT molecular complexity index is 481. The van der Waals surface area contributed by atoms with E-state index in [0.29, 0.717) is 0 Å². The average molecular weight is 229 g/mol. The lowest BCUT2D eigenvalue weighted by Crippen LogP contribution is -2.10. The number of hydrogen-bond acceptors (Lipinski definition) is 2. The maximum Gasteiger partial charge on any atom is 0.0462 e. The monoisotopic (exact) mass is 229 g/mol. The number of hydrogen-bond donors (Lipinski definition) is 1. The SMILES string of the molecule is COCCCC(N)c1ccc2ccccc2c1. The Morgan fingerprint density at radius 2 is 1.88 bits per heavy atom. The van der Waals surface area contributed by atoms with Crippen molar-refractivity contribution in [2.75, 3.05) is 13.7 Å². The van der Waals surface area contributed by atoms with Crippen LogP contribution in [0.3, 0.4) is 0 Å². The lowest BCUT2D eigenvalue weighted by Gasteiger charge is -2.12. The van der Waals surface area contributed by atoms with Crippen LogP contribution in [0.4, 0.5) is 0 Å². The summed E-state index contributed by atoms with van der Waals surface area (Å²) >= 11 is 0. The van der Waals surface area contributed by atoms with Crippen LogP contribution in [-0.2, 0) is 4.74 Å². The molecule has 0 saturated carbocycles. The largest absolute Gasteiger partial charge is 0.385 e. The molecule has 17 heavy (non-hydrogen) atoms. The van der Waals surface area contributed by atoms with E-state index in [1.807, 2.05) is 0 Å². The molecule has 0 aliphatic carbocycles. The molecule has 2 aromatic rings. The van der Waals surface area contributed by atoms with Crippen molar-refractivity contribution in [3.8, 4) is 0 Å². The van der Waals surface area contributed by atoms with Gasteiger partial charge in [-0.15, -0.1) is 0 Å². The Labute approximate surface area is 102 Å².